The monoisotopic (exact) mass is 410 g/mol. The Balaban J connectivity index is 2.33. The molecule has 1 N–H and O–H groups in total. The first-order valence-electron chi connectivity index (χ1n) is 8.07. The summed E-state index contributed by atoms with van der Waals surface area (Å²) in [6.45, 7) is 4.44. The van der Waals surface area contributed by atoms with Crippen molar-refractivity contribution in [2.24, 2.45) is 0 Å². The van der Waals surface area contributed by atoms with E-state index in [-0.39, 0.29) is 27.9 Å². The molecule has 0 aliphatic rings. The van der Waals surface area contributed by atoms with Crippen LogP contribution >= 0.6 is 11.3 Å². The maximum absolute atomic E-state index is 12.4. The maximum Gasteiger partial charge on any atom is 0.348 e. The Hall–Kier alpha value is -3.28. The van der Waals surface area contributed by atoms with Crippen molar-refractivity contribution in [3.05, 3.63) is 37.9 Å². The van der Waals surface area contributed by atoms with Crippen LogP contribution in [-0.4, -0.2) is 46.3 Å². The minimum atomic E-state index is -0.736. The van der Waals surface area contributed by atoms with E-state index >= 15 is 0 Å². The molecule has 0 unspecified atom stereocenters. The second-order valence-corrected chi connectivity index (χ2v) is 6.60. The van der Waals surface area contributed by atoms with Gasteiger partial charge in [-0.3, -0.25) is 4.79 Å². The molecule has 0 saturated carbocycles. The lowest BCUT2D eigenvalue weighted by molar-refractivity contribution is -0.392. The zero-order chi connectivity index (χ0) is 21.0. The Morgan fingerprint density at radius 3 is 2.57 bits per heavy atom. The van der Waals surface area contributed by atoms with Crippen molar-refractivity contribution in [3.8, 4) is 0 Å². The van der Waals surface area contributed by atoms with Crippen molar-refractivity contribution < 1.29 is 28.8 Å². The largest absolute Gasteiger partial charge is 0.465 e. The van der Waals surface area contributed by atoms with Gasteiger partial charge in [0, 0.05) is 0 Å². The summed E-state index contributed by atoms with van der Waals surface area (Å²) in [5.74, 6) is -2.36. The predicted molar refractivity (Wildman–Crippen MR) is 98.6 cm³/mol. The smallest absolute Gasteiger partial charge is 0.348 e. The van der Waals surface area contributed by atoms with Gasteiger partial charge in [-0.2, -0.15) is 0 Å². The second kappa shape index (κ2) is 8.61. The van der Waals surface area contributed by atoms with Crippen LogP contribution < -0.4 is 5.32 Å². The molecule has 0 fully saturated rings. The number of ether oxygens (including phenoxy) is 2. The molecule has 12 heteroatoms. The number of anilines is 1. The zero-order valence-electron chi connectivity index (χ0n) is 15.6. The van der Waals surface area contributed by atoms with E-state index < -0.39 is 29.3 Å². The highest BCUT2D eigenvalue weighted by Crippen LogP contribution is 2.34. The summed E-state index contributed by atoms with van der Waals surface area (Å²) >= 11 is 0.862. The Kier molecular flexibility index (Phi) is 6.46. The van der Waals surface area contributed by atoms with Crippen molar-refractivity contribution in [2.45, 2.75) is 27.3 Å². The number of carbonyl (C=O) groups is 3. The van der Waals surface area contributed by atoms with Crippen LogP contribution in [0.1, 0.15) is 38.2 Å². The summed E-state index contributed by atoms with van der Waals surface area (Å²) in [5, 5.41) is 17.5. The number of hydrogen-bond acceptors (Lipinski definition) is 9. The average Bonchev–Trinajstić information content (AvgIpc) is 3.14. The third-order valence-electron chi connectivity index (χ3n) is 3.61. The molecule has 0 aliphatic heterocycles. The molecule has 2 heterocycles. The van der Waals surface area contributed by atoms with Gasteiger partial charge in [-0.1, -0.05) is 5.10 Å². The van der Waals surface area contributed by atoms with Crippen LogP contribution in [0.4, 0.5) is 10.8 Å². The molecule has 0 spiro atoms. The van der Waals surface area contributed by atoms with E-state index in [0.717, 1.165) is 16.0 Å². The number of nitrogens with zero attached hydrogens (tertiary/aromatic N) is 3. The van der Waals surface area contributed by atoms with Crippen LogP contribution in [0.25, 0.3) is 0 Å². The Bertz CT molecular complexity index is 947. The maximum atomic E-state index is 12.4. The topological polar surface area (TPSA) is 143 Å². The summed E-state index contributed by atoms with van der Waals surface area (Å²) < 4.78 is 10.6. The molecule has 11 nitrogen and oxygen atoms in total. The number of esters is 2. The van der Waals surface area contributed by atoms with Gasteiger partial charge in [0.2, 0.25) is 0 Å². The van der Waals surface area contributed by atoms with E-state index in [1.165, 1.54) is 20.1 Å². The number of carbonyl (C=O) groups excluding carboxylic acids is 3. The Labute approximate surface area is 163 Å². The van der Waals surface area contributed by atoms with Crippen LogP contribution in [0, 0.1) is 24.0 Å². The van der Waals surface area contributed by atoms with Gasteiger partial charge < -0.3 is 24.9 Å². The molecule has 1 amide bonds. The molecule has 0 saturated heterocycles. The van der Waals surface area contributed by atoms with Gasteiger partial charge in [0.1, 0.15) is 9.88 Å². The lowest BCUT2D eigenvalue weighted by Gasteiger charge is -2.05. The normalized spacial score (nSPS) is 10.4. The van der Waals surface area contributed by atoms with Gasteiger partial charge in [-0.05, 0) is 31.3 Å². The van der Waals surface area contributed by atoms with Crippen molar-refractivity contribution in [3.63, 3.8) is 0 Å². The van der Waals surface area contributed by atoms with Gasteiger partial charge in [-0.15, -0.1) is 16.0 Å². The van der Waals surface area contributed by atoms with Crippen LogP contribution in [0.2, 0.25) is 0 Å². The molecular weight excluding hydrogens is 392 g/mol. The zero-order valence-corrected chi connectivity index (χ0v) is 16.4. The van der Waals surface area contributed by atoms with E-state index in [1.54, 1.807) is 13.8 Å². The third kappa shape index (κ3) is 4.34. The molecule has 28 heavy (non-hydrogen) atoms. The molecule has 0 radical (unpaired) electrons. The lowest BCUT2D eigenvalue weighted by Crippen LogP contribution is -2.21. The fraction of sp³-hybridized carbons (Fsp3) is 0.375. The van der Waals surface area contributed by atoms with Crippen molar-refractivity contribution in [1.29, 1.82) is 0 Å². The molecule has 0 bridgehead atoms. The summed E-state index contributed by atoms with van der Waals surface area (Å²) in [6, 6.07) is 1.24. The number of amides is 1. The van der Waals surface area contributed by atoms with Crippen LogP contribution in [0.3, 0.4) is 0 Å². The van der Waals surface area contributed by atoms with Gasteiger partial charge in [0.05, 0.1) is 31.0 Å². The van der Waals surface area contributed by atoms with E-state index in [0.29, 0.717) is 11.3 Å². The van der Waals surface area contributed by atoms with Crippen molar-refractivity contribution >= 4 is 40.0 Å². The number of thiophene rings is 1. The summed E-state index contributed by atoms with van der Waals surface area (Å²) in [5.41, 5.74) is 0.716. The SMILES string of the molecule is CCOC(=O)c1sc(NC(=O)Cn2nc(C)cc2[N+](=O)[O-])c(C(=O)OC)c1C. The first-order chi connectivity index (χ1) is 13.2. The molecule has 2 rings (SSSR count). The van der Waals surface area contributed by atoms with Crippen LogP contribution in [-0.2, 0) is 20.8 Å². The fourth-order valence-corrected chi connectivity index (χ4v) is 3.54. The number of nitrogens with one attached hydrogen (secondary N) is 1. The van der Waals surface area contributed by atoms with E-state index in [4.69, 9.17) is 9.47 Å². The van der Waals surface area contributed by atoms with E-state index in [9.17, 15) is 24.5 Å². The first kappa shape index (κ1) is 21.0. The highest BCUT2D eigenvalue weighted by Gasteiger charge is 2.28. The Morgan fingerprint density at radius 1 is 1.32 bits per heavy atom. The highest BCUT2D eigenvalue weighted by atomic mass is 32.1. The molecule has 2 aromatic heterocycles. The minimum Gasteiger partial charge on any atom is -0.465 e. The van der Waals surface area contributed by atoms with Gasteiger partial charge in [-0.25, -0.2) is 9.59 Å². The quantitative estimate of drug-likeness (QED) is 0.415. The predicted octanol–water partition coefficient (Wildman–Crippen LogP) is 2.07. The third-order valence-corrected chi connectivity index (χ3v) is 4.80. The number of nitro groups is 1. The van der Waals surface area contributed by atoms with Crippen LogP contribution in [0.15, 0.2) is 6.07 Å². The van der Waals surface area contributed by atoms with Crippen molar-refractivity contribution in [2.75, 3.05) is 19.0 Å². The van der Waals surface area contributed by atoms with Crippen molar-refractivity contribution in [1.82, 2.24) is 9.78 Å². The molecule has 150 valence electrons. The number of aromatic nitrogens is 2. The molecule has 0 aromatic carbocycles. The standard InChI is InChI=1S/C16H18N4O7S/c1-5-27-16(23)13-9(3)12(15(22)26-4)14(28-13)17-10(21)7-19-11(20(24)25)6-8(2)18-19/h6H,5,7H2,1-4H3,(H,17,21). The highest BCUT2D eigenvalue weighted by molar-refractivity contribution is 7.18. The molecule has 0 aliphatic carbocycles. The molecule has 0 atom stereocenters. The fourth-order valence-electron chi connectivity index (χ4n) is 2.44. The summed E-state index contributed by atoms with van der Waals surface area (Å²) in [4.78, 5) is 47.1. The van der Waals surface area contributed by atoms with Gasteiger partial charge >= 0.3 is 17.8 Å². The minimum absolute atomic E-state index is 0.0232. The second-order valence-electron chi connectivity index (χ2n) is 5.58. The van der Waals surface area contributed by atoms with E-state index in [1.807, 2.05) is 0 Å². The first-order valence-corrected chi connectivity index (χ1v) is 8.88. The average molecular weight is 410 g/mol. The number of methoxy groups -OCH3 is 1. The summed E-state index contributed by atoms with van der Waals surface area (Å²) in [6.07, 6.45) is 0. The number of hydrogen-bond donors (Lipinski definition) is 1. The van der Waals surface area contributed by atoms with Crippen LogP contribution in [0.5, 0.6) is 0 Å². The van der Waals surface area contributed by atoms with E-state index in [2.05, 4.69) is 10.4 Å². The molecule has 2 aromatic rings. The lowest BCUT2D eigenvalue weighted by atomic mass is 10.1. The van der Waals surface area contributed by atoms with Gasteiger partial charge in [0.15, 0.2) is 6.54 Å². The summed E-state index contributed by atoms with van der Waals surface area (Å²) in [7, 11) is 1.17. The molecular formula is C16H18N4O7S. The van der Waals surface area contributed by atoms with Gasteiger partial charge in [0.25, 0.3) is 5.91 Å². The Morgan fingerprint density at radius 2 is 2.00 bits per heavy atom. The number of aryl methyl sites for hydroxylation is 1. The number of rotatable bonds is 7.